The van der Waals surface area contributed by atoms with Crippen LogP contribution < -0.4 is 4.74 Å². The molecule has 0 aliphatic rings. The molecular weight excluding hydrogens is 311 g/mol. The summed E-state index contributed by atoms with van der Waals surface area (Å²) >= 11 is 12.3. The summed E-state index contributed by atoms with van der Waals surface area (Å²) in [6, 6.07) is 9.24. The fraction of sp³-hybridized carbons (Fsp3) is 0.312. The molecule has 2 aromatic rings. The molecule has 5 heteroatoms. The lowest BCUT2D eigenvalue weighted by atomic mass is 10.1. The Bertz CT molecular complexity index is 653. The first kappa shape index (κ1) is 15.9. The maximum Gasteiger partial charge on any atom is 0.308 e. The third-order valence-electron chi connectivity index (χ3n) is 2.94. The zero-order valence-electron chi connectivity index (χ0n) is 11.9. The number of hydrogen-bond acceptors (Lipinski definition) is 3. The molecule has 0 fully saturated rings. The summed E-state index contributed by atoms with van der Waals surface area (Å²) in [5.41, 5.74) is 0. The Morgan fingerprint density at radius 1 is 1.10 bits per heavy atom. The third kappa shape index (κ3) is 3.80. The van der Waals surface area contributed by atoms with E-state index in [0.717, 1.165) is 10.8 Å². The van der Waals surface area contributed by atoms with Gasteiger partial charge in [0.05, 0.1) is 16.0 Å². The van der Waals surface area contributed by atoms with Gasteiger partial charge in [-0.15, -0.1) is 0 Å². The Labute approximate surface area is 133 Å². The van der Waals surface area contributed by atoms with Crippen molar-refractivity contribution in [2.75, 3.05) is 13.2 Å². The maximum absolute atomic E-state index is 11.4. The summed E-state index contributed by atoms with van der Waals surface area (Å²) in [4.78, 5) is 11.4. The van der Waals surface area contributed by atoms with Gasteiger partial charge in [0.25, 0.3) is 0 Å². The predicted octanol–water partition coefficient (Wildman–Crippen LogP) is 4.72. The largest absolute Gasteiger partial charge is 0.488 e. The molecule has 2 rings (SSSR count). The zero-order chi connectivity index (χ0) is 15.4. The van der Waals surface area contributed by atoms with E-state index in [4.69, 9.17) is 32.7 Å². The number of fused-ring (bicyclic) bond motifs is 1. The van der Waals surface area contributed by atoms with Crippen LogP contribution in [0.15, 0.2) is 30.3 Å². The zero-order valence-corrected chi connectivity index (χ0v) is 13.4. The predicted molar refractivity (Wildman–Crippen MR) is 85.3 cm³/mol. The summed E-state index contributed by atoms with van der Waals surface area (Å²) in [5, 5.41) is 2.73. The van der Waals surface area contributed by atoms with Crippen molar-refractivity contribution >= 4 is 39.9 Å². The number of esters is 1. The lowest BCUT2D eigenvalue weighted by Crippen LogP contribution is -2.16. The second-order valence-corrected chi connectivity index (χ2v) is 5.70. The second-order valence-electron chi connectivity index (χ2n) is 4.89. The van der Waals surface area contributed by atoms with Crippen molar-refractivity contribution in [3.05, 3.63) is 40.4 Å². The number of hydrogen-bond donors (Lipinski definition) is 0. The summed E-state index contributed by atoms with van der Waals surface area (Å²) in [7, 11) is 0. The highest BCUT2D eigenvalue weighted by molar-refractivity contribution is 6.39. The topological polar surface area (TPSA) is 35.5 Å². The molecule has 0 N–H and O–H groups in total. The molecule has 0 spiro atoms. The second kappa shape index (κ2) is 7.01. The molecule has 0 amide bonds. The lowest BCUT2D eigenvalue weighted by Gasteiger charge is -2.13. The van der Waals surface area contributed by atoms with Crippen LogP contribution in [0.4, 0.5) is 0 Å². The average molecular weight is 327 g/mol. The number of carbonyl (C=O) groups is 1. The number of benzene rings is 2. The monoisotopic (exact) mass is 326 g/mol. The lowest BCUT2D eigenvalue weighted by molar-refractivity contribution is -0.148. The smallest absolute Gasteiger partial charge is 0.308 e. The Morgan fingerprint density at radius 2 is 1.76 bits per heavy atom. The standard InChI is InChI=1S/C16H16Cl2O3/c1-10(2)16(19)21-8-7-20-15-12-6-4-3-5-11(12)13(17)9-14(15)18/h3-6,9-10H,7-8H2,1-2H3. The fourth-order valence-corrected chi connectivity index (χ4v) is 2.47. The molecule has 2 aromatic carbocycles. The number of carbonyl (C=O) groups excluding carboxylic acids is 1. The van der Waals surface area contributed by atoms with E-state index in [1.807, 2.05) is 24.3 Å². The van der Waals surface area contributed by atoms with Crippen molar-refractivity contribution in [1.82, 2.24) is 0 Å². The van der Waals surface area contributed by atoms with Gasteiger partial charge in [-0.1, -0.05) is 61.3 Å². The van der Waals surface area contributed by atoms with E-state index in [0.29, 0.717) is 15.8 Å². The van der Waals surface area contributed by atoms with E-state index in [1.165, 1.54) is 0 Å². The molecule has 0 radical (unpaired) electrons. The molecule has 0 aliphatic carbocycles. The first-order valence-corrected chi connectivity index (χ1v) is 7.42. The van der Waals surface area contributed by atoms with Crippen molar-refractivity contribution < 1.29 is 14.3 Å². The highest BCUT2D eigenvalue weighted by atomic mass is 35.5. The van der Waals surface area contributed by atoms with Crippen LogP contribution in [0, 0.1) is 5.92 Å². The van der Waals surface area contributed by atoms with Gasteiger partial charge in [0, 0.05) is 10.8 Å². The van der Waals surface area contributed by atoms with Gasteiger partial charge in [0.1, 0.15) is 19.0 Å². The van der Waals surface area contributed by atoms with Crippen LogP contribution >= 0.6 is 23.2 Å². The minimum atomic E-state index is -0.245. The van der Waals surface area contributed by atoms with E-state index in [-0.39, 0.29) is 25.1 Å². The first-order chi connectivity index (χ1) is 10.0. The average Bonchev–Trinajstić information content (AvgIpc) is 2.46. The van der Waals surface area contributed by atoms with Gasteiger partial charge in [0.2, 0.25) is 0 Å². The molecule has 0 aromatic heterocycles. The Morgan fingerprint density at radius 3 is 2.43 bits per heavy atom. The van der Waals surface area contributed by atoms with Crippen LogP contribution in [0.5, 0.6) is 5.75 Å². The summed E-state index contributed by atoms with van der Waals surface area (Å²) in [6.45, 7) is 3.99. The number of halogens is 2. The molecule has 0 atom stereocenters. The fourth-order valence-electron chi connectivity index (χ4n) is 1.87. The SMILES string of the molecule is CC(C)C(=O)OCCOc1c(Cl)cc(Cl)c2ccccc12. The van der Waals surface area contributed by atoms with Crippen LogP contribution in [-0.4, -0.2) is 19.2 Å². The quantitative estimate of drug-likeness (QED) is 0.588. The Kier molecular flexibility index (Phi) is 5.32. The van der Waals surface area contributed by atoms with Gasteiger partial charge >= 0.3 is 5.97 Å². The Hall–Kier alpha value is -1.45. The van der Waals surface area contributed by atoms with Crippen molar-refractivity contribution in [3.8, 4) is 5.75 Å². The van der Waals surface area contributed by atoms with Crippen molar-refractivity contribution in [3.63, 3.8) is 0 Å². The van der Waals surface area contributed by atoms with E-state index in [1.54, 1.807) is 19.9 Å². The number of ether oxygens (including phenoxy) is 2. The summed E-state index contributed by atoms with van der Waals surface area (Å²) in [5.74, 6) is 0.160. The van der Waals surface area contributed by atoms with Crippen molar-refractivity contribution in [1.29, 1.82) is 0 Å². The van der Waals surface area contributed by atoms with Gasteiger partial charge < -0.3 is 9.47 Å². The molecule has 0 saturated heterocycles. The molecule has 21 heavy (non-hydrogen) atoms. The molecule has 0 saturated carbocycles. The molecule has 112 valence electrons. The van der Waals surface area contributed by atoms with Gasteiger partial charge in [-0.3, -0.25) is 4.79 Å². The molecule has 3 nitrogen and oxygen atoms in total. The van der Waals surface area contributed by atoms with Gasteiger partial charge in [-0.25, -0.2) is 0 Å². The molecule has 0 bridgehead atoms. The van der Waals surface area contributed by atoms with E-state index < -0.39 is 0 Å². The first-order valence-electron chi connectivity index (χ1n) is 6.67. The molecule has 0 heterocycles. The maximum atomic E-state index is 11.4. The number of rotatable bonds is 5. The van der Waals surface area contributed by atoms with E-state index in [9.17, 15) is 4.79 Å². The van der Waals surface area contributed by atoms with Crippen molar-refractivity contribution in [2.45, 2.75) is 13.8 Å². The van der Waals surface area contributed by atoms with Gasteiger partial charge in [0.15, 0.2) is 0 Å². The van der Waals surface area contributed by atoms with Crippen LogP contribution in [-0.2, 0) is 9.53 Å². The summed E-state index contributed by atoms with van der Waals surface area (Å²) < 4.78 is 10.7. The van der Waals surface area contributed by atoms with E-state index >= 15 is 0 Å². The minimum absolute atomic E-state index is 0.148. The third-order valence-corrected chi connectivity index (χ3v) is 3.54. The van der Waals surface area contributed by atoms with Gasteiger partial charge in [-0.05, 0) is 6.07 Å². The van der Waals surface area contributed by atoms with E-state index in [2.05, 4.69) is 0 Å². The Balaban J connectivity index is 2.10. The normalized spacial score (nSPS) is 10.9. The minimum Gasteiger partial charge on any atom is -0.488 e. The van der Waals surface area contributed by atoms with Crippen LogP contribution in [0.1, 0.15) is 13.8 Å². The van der Waals surface area contributed by atoms with Crippen LogP contribution in [0.25, 0.3) is 10.8 Å². The summed E-state index contributed by atoms with van der Waals surface area (Å²) in [6.07, 6.45) is 0. The van der Waals surface area contributed by atoms with Gasteiger partial charge in [-0.2, -0.15) is 0 Å². The highest BCUT2D eigenvalue weighted by Crippen LogP contribution is 2.37. The molecule has 0 unspecified atom stereocenters. The highest BCUT2D eigenvalue weighted by Gasteiger charge is 2.12. The molecule has 0 aliphatic heterocycles. The molecular formula is C16H16Cl2O3. The van der Waals surface area contributed by atoms with Crippen LogP contribution in [0.2, 0.25) is 10.0 Å². The van der Waals surface area contributed by atoms with Crippen LogP contribution in [0.3, 0.4) is 0 Å². The van der Waals surface area contributed by atoms with Crippen molar-refractivity contribution in [2.24, 2.45) is 5.92 Å².